The minimum Gasteiger partial charge on any atom is -0.478 e. The second-order valence-corrected chi connectivity index (χ2v) is 7.67. The van der Waals surface area contributed by atoms with E-state index in [2.05, 4.69) is 5.10 Å². The van der Waals surface area contributed by atoms with Gasteiger partial charge in [-0.3, -0.25) is 4.79 Å². The van der Waals surface area contributed by atoms with Crippen LogP contribution in [0.15, 0.2) is 35.1 Å². The number of aromatic nitrogens is 3. The lowest BCUT2D eigenvalue weighted by Crippen LogP contribution is -2.25. The number of aromatic carboxylic acids is 1. The number of carbonyl (C=O) groups is 1. The third-order valence-corrected chi connectivity index (χ3v) is 5.50. The van der Waals surface area contributed by atoms with Crippen LogP contribution in [0.3, 0.4) is 0 Å². The van der Waals surface area contributed by atoms with Gasteiger partial charge in [0.25, 0.3) is 0 Å². The van der Waals surface area contributed by atoms with Crippen LogP contribution in [0.25, 0.3) is 11.3 Å². The molecular formula is C21H18Cl2F3N3O4. The number of pyridine rings is 1. The summed E-state index contributed by atoms with van der Waals surface area (Å²) in [7, 11) is 0. The maximum Gasteiger partial charge on any atom is 0.435 e. The number of carboxylic acids is 1. The van der Waals surface area contributed by atoms with Crippen molar-refractivity contribution in [2.45, 2.75) is 33.1 Å². The molecule has 0 spiro atoms. The Morgan fingerprint density at radius 2 is 1.85 bits per heavy atom. The van der Waals surface area contributed by atoms with Crippen LogP contribution >= 0.6 is 23.2 Å². The number of hydrogen-bond donors (Lipinski definition) is 1. The Bertz CT molecular complexity index is 1270. The monoisotopic (exact) mass is 503 g/mol. The van der Waals surface area contributed by atoms with Gasteiger partial charge in [0.05, 0.1) is 28.9 Å². The van der Waals surface area contributed by atoms with E-state index >= 15 is 0 Å². The lowest BCUT2D eigenvalue weighted by molar-refractivity contribution is -0.141. The fraction of sp³-hybridized carbons (Fsp3) is 0.286. The van der Waals surface area contributed by atoms with Crippen molar-refractivity contribution in [1.29, 1.82) is 0 Å². The number of hydrogen-bond acceptors (Lipinski definition) is 4. The van der Waals surface area contributed by atoms with Crippen LogP contribution in [-0.2, 0) is 19.3 Å². The van der Waals surface area contributed by atoms with E-state index in [9.17, 15) is 27.9 Å². The van der Waals surface area contributed by atoms with E-state index in [0.717, 1.165) is 16.8 Å². The number of alkyl halides is 3. The third kappa shape index (κ3) is 5.01. The normalized spacial score (nSPS) is 11.6. The summed E-state index contributed by atoms with van der Waals surface area (Å²) < 4.78 is 47.3. The Balaban J connectivity index is 2.25. The first kappa shape index (κ1) is 24.7. The molecule has 0 aliphatic heterocycles. The predicted octanol–water partition coefficient (Wildman–Crippen LogP) is 5.20. The van der Waals surface area contributed by atoms with Crippen molar-refractivity contribution < 1.29 is 27.8 Å². The summed E-state index contributed by atoms with van der Waals surface area (Å²) >= 11 is 12.1. The van der Waals surface area contributed by atoms with Gasteiger partial charge in [-0.15, -0.1) is 0 Å². The highest BCUT2D eigenvalue weighted by atomic mass is 35.5. The van der Waals surface area contributed by atoms with Gasteiger partial charge in [0, 0.05) is 29.9 Å². The summed E-state index contributed by atoms with van der Waals surface area (Å²) in [6, 6.07) is 6.22. The van der Waals surface area contributed by atoms with Crippen LogP contribution in [0.1, 0.15) is 35.6 Å². The van der Waals surface area contributed by atoms with Crippen molar-refractivity contribution in [3.05, 3.63) is 67.6 Å². The molecule has 2 aromatic heterocycles. The minimum atomic E-state index is -4.69. The van der Waals surface area contributed by atoms with E-state index in [1.54, 1.807) is 13.8 Å². The molecule has 0 saturated heterocycles. The van der Waals surface area contributed by atoms with Crippen LogP contribution in [0.5, 0.6) is 5.88 Å². The second kappa shape index (κ2) is 9.48. The number of nitrogens with zero attached hydrogens (tertiary/aromatic N) is 3. The van der Waals surface area contributed by atoms with E-state index in [0.29, 0.717) is 5.56 Å². The Hall–Kier alpha value is -2.98. The molecule has 1 N–H and O–H groups in total. The van der Waals surface area contributed by atoms with Crippen molar-refractivity contribution in [1.82, 2.24) is 14.3 Å². The molecule has 0 unspecified atom stereocenters. The highest BCUT2D eigenvalue weighted by Gasteiger charge is 2.35. The number of benzene rings is 1. The molecule has 2 heterocycles. The number of rotatable bonds is 7. The van der Waals surface area contributed by atoms with E-state index in [1.807, 2.05) is 0 Å². The molecule has 0 fully saturated rings. The van der Waals surface area contributed by atoms with Crippen LogP contribution in [0, 0.1) is 0 Å². The highest BCUT2D eigenvalue weighted by molar-refractivity contribution is 6.42. The van der Waals surface area contributed by atoms with Crippen LogP contribution < -0.4 is 10.2 Å². The van der Waals surface area contributed by atoms with E-state index in [-0.39, 0.29) is 47.0 Å². The summed E-state index contributed by atoms with van der Waals surface area (Å²) in [5, 5.41) is 13.7. The van der Waals surface area contributed by atoms with Gasteiger partial charge >= 0.3 is 12.1 Å². The zero-order chi connectivity index (χ0) is 24.5. The molecule has 33 heavy (non-hydrogen) atoms. The molecule has 0 aliphatic rings. The van der Waals surface area contributed by atoms with E-state index in [4.69, 9.17) is 27.9 Å². The quantitative estimate of drug-likeness (QED) is 0.478. The average molecular weight is 504 g/mol. The molecule has 0 amide bonds. The van der Waals surface area contributed by atoms with Crippen LogP contribution in [-0.4, -0.2) is 32.0 Å². The summed E-state index contributed by atoms with van der Waals surface area (Å²) in [6.07, 6.45) is -4.69. The lowest BCUT2D eigenvalue weighted by atomic mass is 10.0. The van der Waals surface area contributed by atoms with Crippen molar-refractivity contribution >= 4 is 29.2 Å². The zero-order valence-electron chi connectivity index (χ0n) is 17.4. The second-order valence-electron chi connectivity index (χ2n) is 6.86. The minimum absolute atomic E-state index is 0.0484. The largest absolute Gasteiger partial charge is 0.478 e. The van der Waals surface area contributed by atoms with E-state index < -0.39 is 28.8 Å². The third-order valence-electron chi connectivity index (χ3n) is 4.76. The van der Waals surface area contributed by atoms with Crippen molar-refractivity contribution in [3.8, 4) is 17.1 Å². The predicted molar refractivity (Wildman–Crippen MR) is 116 cm³/mol. The van der Waals surface area contributed by atoms with Gasteiger partial charge < -0.3 is 14.4 Å². The first-order chi connectivity index (χ1) is 15.5. The van der Waals surface area contributed by atoms with Gasteiger partial charge in [0.15, 0.2) is 11.1 Å². The number of carboxylic acid groups (broad SMARTS) is 1. The SMILES string of the molecule is CCOc1cc(C(F)(F)F)nn1Cc1cc(=O)c(C(=O)O)c(-c2ccc(Cl)c(Cl)c2)n1CC. The van der Waals surface area contributed by atoms with Gasteiger partial charge in [-0.1, -0.05) is 29.3 Å². The molecule has 0 bridgehead atoms. The summed E-state index contributed by atoms with van der Waals surface area (Å²) in [5.74, 6) is -1.60. The Morgan fingerprint density at radius 3 is 2.39 bits per heavy atom. The first-order valence-electron chi connectivity index (χ1n) is 9.71. The molecule has 0 radical (unpaired) electrons. The first-order valence-corrected chi connectivity index (χ1v) is 10.5. The molecule has 7 nitrogen and oxygen atoms in total. The van der Waals surface area contributed by atoms with Gasteiger partial charge in [-0.25, -0.2) is 9.48 Å². The van der Waals surface area contributed by atoms with Gasteiger partial charge in [-0.2, -0.15) is 18.3 Å². The number of ether oxygens (including phenoxy) is 1. The molecule has 0 atom stereocenters. The topological polar surface area (TPSA) is 86.3 Å². The standard InChI is InChI=1S/C21H18Cl2F3N3O4/c1-3-28-12(10-29-17(33-4-2)9-16(27-29)21(24,25)26)8-15(30)18(20(31)32)19(28)11-5-6-13(22)14(23)7-11/h5-9H,3-4,10H2,1-2H3,(H,31,32). The van der Waals surface area contributed by atoms with Crippen LogP contribution in [0.4, 0.5) is 13.2 Å². The molecule has 3 aromatic rings. The van der Waals surface area contributed by atoms with Crippen molar-refractivity contribution in [2.75, 3.05) is 6.61 Å². The summed E-state index contributed by atoms with van der Waals surface area (Å²) in [5.41, 5.74) is -1.88. The van der Waals surface area contributed by atoms with Crippen molar-refractivity contribution in [2.24, 2.45) is 0 Å². The molecule has 1 aromatic carbocycles. The Morgan fingerprint density at radius 1 is 1.15 bits per heavy atom. The average Bonchev–Trinajstić information content (AvgIpc) is 3.12. The molecule has 176 valence electrons. The van der Waals surface area contributed by atoms with Crippen LogP contribution in [0.2, 0.25) is 10.0 Å². The molecule has 0 saturated carbocycles. The van der Waals surface area contributed by atoms with Gasteiger partial charge in [0.1, 0.15) is 5.56 Å². The van der Waals surface area contributed by atoms with Gasteiger partial charge in [-0.05, 0) is 26.0 Å². The smallest absolute Gasteiger partial charge is 0.435 e. The van der Waals surface area contributed by atoms with Gasteiger partial charge in [0.2, 0.25) is 5.88 Å². The fourth-order valence-electron chi connectivity index (χ4n) is 3.41. The number of halogens is 5. The maximum atomic E-state index is 13.2. The van der Waals surface area contributed by atoms with E-state index in [1.165, 1.54) is 22.8 Å². The molecule has 12 heteroatoms. The fourth-order valence-corrected chi connectivity index (χ4v) is 3.71. The zero-order valence-corrected chi connectivity index (χ0v) is 18.9. The molecule has 0 aliphatic carbocycles. The lowest BCUT2D eigenvalue weighted by Gasteiger charge is -2.20. The Labute approximate surface area is 195 Å². The summed E-state index contributed by atoms with van der Waals surface area (Å²) in [6.45, 7) is 3.33. The van der Waals surface area contributed by atoms with Crippen molar-refractivity contribution in [3.63, 3.8) is 0 Å². The molecular weight excluding hydrogens is 486 g/mol. The maximum absolute atomic E-state index is 13.2. The molecule has 3 rings (SSSR count). The highest BCUT2D eigenvalue weighted by Crippen LogP contribution is 2.33. The summed E-state index contributed by atoms with van der Waals surface area (Å²) in [4.78, 5) is 24.7. The Kier molecular flexibility index (Phi) is 7.08.